The second-order valence-electron chi connectivity index (χ2n) is 8.46. The van der Waals surface area contributed by atoms with Crippen molar-refractivity contribution >= 4 is 23.4 Å². The Balaban J connectivity index is 1.31. The zero-order chi connectivity index (χ0) is 20.1. The molecule has 4 rings (SSSR count). The Hall–Kier alpha value is -1.44. The Morgan fingerprint density at radius 3 is 2.72 bits per heavy atom. The van der Waals surface area contributed by atoms with Crippen molar-refractivity contribution in [2.75, 3.05) is 69.4 Å². The van der Waals surface area contributed by atoms with Gasteiger partial charge in [-0.1, -0.05) is 17.7 Å². The molecule has 2 atom stereocenters. The molecule has 3 heterocycles. The molecule has 0 aromatic heterocycles. The van der Waals surface area contributed by atoms with E-state index in [1.807, 2.05) is 7.05 Å². The van der Waals surface area contributed by atoms with Gasteiger partial charge in [-0.25, -0.2) is 0 Å². The van der Waals surface area contributed by atoms with Crippen LogP contribution in [0.25, 0.3) is 0 Å². The minimum absolute atomic E-state index is 0.232. The SMILES string of the molecule is CN=C(NCC1(N2CCOCC2)CCSC1)NC1CCN(c2ccc(C)cc2)C1. The quantitative estimate of drug-likeness (QED) is 0.564. The molecule has 7 heteroatoms. The van der Waals surface area contributed by atoms with Crippen molar-refractivity contribution in [3.8, 4) is 0 Å². The van der Waals surface area contributed by atoms with Gasteiger partial charge in [-0.05, 0) is 37.7 Å². The van der Waals surface area contributed by atoms with E-state index in [4.69, 9.17) is 4.74 Å². The highest BCUT2D eigenvalue weighted by molar-refractivity contribution is 7.99. The topological polar surface area (TPSA) is 52.1 Å². The summed E-state index contributed by atoms with van der Waals surface area (Å²) >= 11 is 2.08. The maximum absolute atomic E-state index is 5.58. The first-order valence-electron chi connectivity index (χ1n) is 10.9. The number of nitrogens with one attached hydrogen (secondary N) is 2. The third kappa shape index (κ3) is 5.01. The van der Waals surface area contributed by atoms with Gasteiger partial charge in [0.05, 0.1) is 13.2 Å². The number of morpholine rings is 1. The summed E-state index contributed by atoms with van der Waals surface area (Å²) in [5, 5.41) is 7.33. The van der Waals surface area contributed by atoms with E-state index in [-0.39, 0.29) is 5.54 Å². The van der Waals surface area contributed by atoms with Crippen LogP contribution >= 0.6 is 11.8 Å². The van der Waals surface area contributed by atoms with E-state index < -0.39 is 0 Å². The first-order valence-corrected chi connectivity index (χ1v) is 12.0. The lowest BCUT2D eigenvalue weighted by Gasteiger charge is -2.43. The fraction of sp³-hybridized carbons (Fsp3) is 0.682. The van der Waals surface area contributed by atoms with Gasteiger partial charge in [0.25, 0.3) is 0 Å². The summed E-state index contributed by atoms with van der Waals surface area (Å²) in [6.07, 6.45) is 2.38. The third-order valence-corrected chi connectivity index (χ3v) is 7.74. The number of benzene rings is 1. The number of thioether (sulfide) groups is 1. The van der Waals surface area contributed by atoms with Gasteiger partial charge in [-0.2, -0.15) is 11.8 Å². The number of aliphatic imine (C=N–C) groups is 1. The maximum atomic E-state index is 5.58. The Kier molecular flexibility index (Phi) is 6.88. The van der Waals surface area contributed by atoms with Gasteiger partial charge in [-0.15, -0.1) is 0 Å². The van der Waals surface area contributed by atoms with Gasteiger partial charge in [0, 0.05) is 62.8 Å². The first kappa shape index (κ1) is 20.8. The molecule has 3 aliphatic heterocycles. The normalized spacial score (nSPS) is 28.7. The second-order valence-corrected chi connectivity index (χ2v) is 9.57. The first-order chi connectivity index (χ1) is 14.2. The molecule has 0 amide bonds. The molecule has 0 aliphatic carbocycles. The van der Waals surface area contributed by atoms with Crippen molar-refractivity contribution < 1.29 is 4.74 Å². The van der Waals surface area contributed by atoms with Crippen molar-refractivity contribution in [1.82, 2.24) is 15.5 Å². The fourth-order valence-electron chi connectivity index (χ4n) is 4.64. The smallest absolute Gasteiger partial charge is 0.191 e. The van der Waals surface area contributed by atoms with Gasteiger partial charge in [0.2, 0.25) is 0 Å². The summed E-state index contributed by atoms with van der Waals surface area (Å²) in [5.41, 5.74) is 2.86. The molecule has 2 N–H and O–H groups in total. The summed E-state index contributed by atoms with van der Waals surface area (Å²) in [7, 11) is 1.88. The molecule has 3 aliphatic rings. The van der Waals surface area contributed by atoms with E-state index in [0.717, 1.165) is 58.3 Å². The highest BCUT2D eigenvalue weighted by Crippen LogP contribution is 2.33. The van der Waals surface area contributed by atoms with Crippen molar-refractivity contribution in [3.05, 3.63) is 29.8 Å². The minimum atomic E-state index is 0.232. The zero-order valence-electron chi connectivity index (χ0n) is 17.8. The van der Waals surface area contributed by atoms with E-state index in [9.17, 15) is 0 Å². The van der Waals surface area contributed by atoms with Crippen molar-refractivity contribution in [2.24, 2.45) is 4.99 Å². The van der Waals surface area contributed by atoms with Crippen LogP contribution in [-0.4, -0.2) is 86.9 Å². The zero-order valence-corrected chi connectivity index (χ0v) is 18.6. The fourth-order valence-corrected chi connectivity index (χ4v) is 6.12. The van der Waals surface area contributed by atoms with E-state index in [1.165, 1.54) is 29.2 Å². The van der Waals surface area contributed by atoms with Crippen LogP contribution in [0.5, 0.6) is 0 Å². The van der Waals surface area contributed by atoms with Crippen LogP contribution in [0.1, 0.15) is 18.4 Å². The average Bonchev–Trinajstić information content (AvgIpc) is 3.43. The molecular weight excluding hydrogens is 382 g/mol. The number of hydrogen-bond donors (Lipinski definition) is 2. The van der Waals surface area contributed by atoms with Crippen LogP contribution in [0, 0.1) is 6.92 Å². The molecule has 3 saturated heterocycles. The molecule has 160 valence electrons. The molecular formula is C22H35N5OS. The molecule has 3 fully saturated rings. The van der Waals surface area contributed by atoms with Crippen molar-refractivity contribution in [3.63, 3.8) is 0 Å². The predicted molar refractivity (Wildman–Crippen MR) is 123 cm³/mol. The van der Waals surface area contributed by atoms with Gasteiger partial charge in [-0.3, -0.25) is 9.89 Å². The molecule has 2 unspecified atom stereocenters. The van der Waals surface area contributed by atoms with Crippen LogP contribution in [0.3, 0.4) is 0 Å². The number of guanidine groups is 1. The number of aryl methyl sites for hydroxylation is 1. The number of anilines is 1. The number of nitrogens with zero attached hydrogens (tertiary/aromatic N) is 3. The standard InChI is InChI=1S/C22H35N5OS/c1-18-3-5-20(6-4-18)26-9-7-19(15-26)25-21(23-2)24-16-22(8-14-29-17-22)27-10-12-28-13-11-27/h3-6,19H,7-17H2,1-2H3,(H2,23,24,25). The highest BCUT2D eigenvalue weighted by Gasteiger charge is 2.40. The van der Waals surface area contributed by atoms with Crippen molar-refractivity contribution in [1.29, 1.82) is 0 Å². The predicted octanol–water partition coefficient (Wildman–Crippen LogP) is 1.95. The van der Waals surface area contributed by atoms with Crippen LogP contribution in [-0.2, 0) is 4.74 Å². The lowest BCUT2D eigenvalue weighted by Crippen LogP contribution is -2.60. The molecule has 1 aromatic rings. The maximum Gasteiger partial charge on any atom is 0.191 e. The summed E-state index contributed by atoms with van der Waals surface area (Å²) in [5.74, 6) is 3.38. The van der Waals surface area contributed by atoms with E-state index in [1.54, 1.807) is 0 Å². The lowest BCUT2D eigenvalue weighted by molar-refractivity contribution is -0.0120. The minimum Gasteiger partial charge on any atom is -0.379 e. The van der Waals surface area contributed by atoms with E-state index >= 15 is 0 Å². The third-order valence-electron chi connectivity index (χ3n) is 6.50. The molecule has 0 radical (unpaired) electrons. The molecule has 29 heavy (non-hydrogen) atoms. The highest BCUT2D eigenvalue weighted by atomic mass is 32.2. The van der Waals surface area contributed by atoms with Crippen LogP contribution in [0.15, 0.2) is 29.3 Å². The Morgan fingerprint density at radius 2 is 2.03 bits per heavy atom. The summed E-state index contributed by atoms with van der Waals surface area (Å²) in [6, 6.07) is 9.28. The Morgan fingerprint density at radius 1 is 1.24 bits per heavy atom. The molecule has 0 saturated carbocycles. The van der Waals surface area contributed by atoms with E-state index in [0.29, 0.717) is 6.04 Å². The number of ether oxygens (including phenoxy) is 1. The van der Waals surface area contributed by atoms with E-state index in [2.05, 4.69) is 68.4 Å². The Bertz CT molecular complexity index is 683. The largest absolute Gasteiger partial charge is 0.379 e. The van der Waals surface area contributed by atoms with Gasteiger partial charge in [0.1, 0.15) is 0 Å². The summed E-state index contributed by atoms with van der Waals surface area (Å²) < 4.78 is 5.58. The van der Waals surface area contributed by atoms with Crippen LogP contribution in [0.4, 0.5) is 5.69 Å². The van der Waals surface area contributed by atoms with Crippen molar-refractivity contribution in [2.45, 2.75) is 31.3 Å². The van der Waals surface area contributed by atoms with Crippen LogP contribution < -0.4 is 15.5 Å². The second kappa shape index (κ2) is 9.58. The number of rotatable bonds is 5. The lowest BCUT2D eigenvalue weighted by atomic mass is 9.95. The number of hydrogen-bond acceptors (Lipinski definition) is 5. The molecule has 6 nitrogen and oxygen atoms in total. The molecule has 0 bridgehead atoms. The molecule has 0 spiro atoms. The van der Waals surface area contributed by atoms with Gasteiger partial charge < -0.3 is 20.3 Å². The average molecular weight is 418 g/mol. The Labute approximate surface area is 179 Å². The van der Waals surface area contributed by atoms with Crippen LogP contribution in [0.2, 0.25) is 0 Å². The van der Waals surface area contributed by atoms with Gasteiger partial charge >= 0.3 is 0 Å². The molecule has 1 aromatic carbocycles. The monoisotopic (exact) mass is 417 g/mol. The van der Waals surface area contributed by atoms with Gasteiger partial charge in [0.15, 0.2) is 5.96 Å². The summed E-state index contributed by atoms with van der Waals surface area (Å²) in [6.45, 7) is 9.01. The summed E-state index contributed by atoms with van der Waals surface area (Å²) in [4.78, 5) is 9.63.